The highest BCUT2D eigenvalue weighted by molar-refractivity contribution is 5.79. The third kappa shape index (κ3) is 3.29. The van der Waals surface area contributed by atoms with Crippen LogP contribution in [0.3, 0.4) is 0 Å². The van der Waals surface area contributed by atoms with Crippen molar-refractivity contribution in [2.75, 3.05) is 11.4 Å². The number of aliphatic carboxylic acids is 1. The number of carboxylic acids is 1. The van der Waals surface area contributed by atoms with Crippen LogP contribution in [0.25, 0.3) is 0 Å². The number of nitro benzene ring substituents is 1. The smallest absolute Gasteiger partial charge is 0.326 e. The Morgan fingerprint density at radius 3 is 2.81 bits per heavy atom. The van der Waals surface area contributed by atoms with Gasteiger partial charge < -0.3 is 10.0 Å². The van der Waals surface area contributed by atoms with Gasteiger partial charge in [0.1, 0.15) is 11.9 Å². The molecule has 21 heavy (non-hydrogen) atoms. The molecule has 0 aromatic heterocycles. The van der Waals surface area contributed by atoms with Crippen molar-refractivity contribution in [3.05, 3.63) is 34.1 Å². The molecule has 0 radical (unpaired) electrons. The van der Waals surface area contributed by atoms with E-state index in [1.807, 2.05) is 6.92 Å². The summed E-state index contributed by atoms with van der Waals surface area (Å²) >= 11 is 0. The average Bonchev–Trinajstić information content (AvgIpc) is 2.45. The van der Waals surface area contributed by atoms with Crippen LogP contribution in [0, 0.1) is 21.8 Å². The van der Waals surface area contributed by atoms with Crippen LogP contribution in [0.15, 0.2) is 18.2 Å². The fourth-order valence-corrected chi connectivity index (χ4v) is 2.78. The van der Waals surface area contributed by atoms with E-state index in [1.54, 1.807) is 4.90 Å². The number of piperidine rings is 1. The van der Waals surface area contributed by atoms with E-state index in [4.69, 9.17) is 0 Å². The highest BCUT2D eigenvalue weighted by Crippen LogP contribution is 2.32. The van der Waals surface area contributed by atoms with E-state index in [9.17, 15) is 24.4 Å². The number of anilines is 1. The summed E-state index contributed by atoms with van der Waals surface area (Å²) in [4.78, 5) is 23.1. The molecule has 114 valence electrons. The number of benzene rings is 1. The minimum atomic E-state index is -0.986. The van der Waals surface area contributed by atoms with Crippen LogP contribution in [-0.4, -0.2) is 28.6 Å². The van der Waals surface area contributed by atoms with Crippen LogP contribution >= 0.6 is 0 Å². The van der Waals surface area contributed by atoms with Crippen LogP contribution in [0.5, 0.6) is 0 Å². The molecule has 7 heteroatoms. The van der Waals surface area contributed by atoms with Crippen molar-refractivity contribution in [1.29, 1.82) is 0 Å². The maximum atomic E-state index is 13.5. The lowest BCUT2D eigenvalue weighted by Crippen LogP contribution is -2.47. The van der Waals surface area contributed by atoms with E-state index in [0.717, 1.165) is 25.0 Å². The zero-order chi connectivity index (χ0) is 15.6. The third-order valence-corrected chi connectivity index (χ3v) is 3.98. The number of non-ortho nitro benzene ring substituents is 1. The van der Waals surface area contributed by atoms with Gasteiger partial charge >= 0.3 is 5.97 Å². The first-order valence-corrected chi connectivity index (χ1v) is 6.86. The summed E-state index contributed by atoms with van der Waals surface area (Å²) in [6, 6.07) is 2.43. The summed E-state index contributed by atoms with van der Waals surface area (Å²) in [7, 11) is 0. The van der Waals surface area contributed by atoms with E-state index >= 15 is 0 Å². The Hall–Kier alpha value is -2.18. The van der Waals surface area contributed by atoms with E-state index in [0.29, 0.717) is 18.9 Å². The molecular weight excluding hydrogens is 279 g/mol. The first-order chi connectivity index (χ1) is 9.92. The van der Waals surface area contributed by atoms with Gasteiger partial charge in [-0.1, -0.05) is 13.3 Å². The summed E-state index contributed by atoms with van der Waals surface area (Å²) in [5, 5.41) is 20.2. The molecular formula is C14H17FN2O4. The molecule has 0 spiro atoms. The van der Waals surface area contributed by atoms with Crippen LogP contribution in [-0.2, 0) is 4.79 Å². The SMILES string of the molecule is CCC1CCN(c2cc(F)cc([N+](=O)[O-])c2)C(C(=O)O)C1. The van der Waals surface area contributed by atoms with Crippen molar-refractivity contribution in [3.8, 4) is 0 Å². The van der Waals surface area contributed by atoms with Crippen LogP contribution in [0.4, 0.5) is 15.8 Å². The lowest BCUT2D eigenvalue weighted by Gasteiger charge is -2.38. The molecule has 1 aromatic rings. The van der Waals surface area contributed by atoms with Gasteiger partial charge in [0.25, 0.3) is 5.69 Å². The van der Waals surface area contributed by atoms with Gasteiger partial charge in [-0.15, -0.1) is 0 Å². The zero-order valence-corrected chi connectivity index (χ0v) is 11.7. The Morgan fingerprint density at radius 2 is 2.24 bits per heavy atom. The van der Waals surface area contributed by atoms with Gasteiger partial charge in [-0.05, 0) is 24.8 Å². The normalized spacial score (nSPS) is 22.1. The highest BCUT2D eigenvalue weighted by atomic mass is 19.1. The Bertz CT molecular complexity index is 564. The summed E-state index contributed by atoms with van der Waals surface area (Å²) < 4.78 is 13.5. The van der Waals surface area contributed by atoms with Gasteiger partial charge in [0.05, 0.1) is 11.0 Å². The monoisotopic (exact) mass is 296 g/mol. The van der Waals surface area contributed by atoms with Crippen molar-refractivity contribution in [2.24, 2.45) is 5.92 Å². The maximum absolute atomic E-state index is 13.5. The molecule has 1 aromatic carbocycles. The van der Waals surface area contributed by atoms with Gasteiger partial charge in [0, 0.05) is 18.3 Å². The summed E-state index contributed by atoms with van der Waals surface area (Å²) in [5.41, 5.74) is -0.115. The topological polar surface area (TPSA) is 83.7 Å². The van der Waals surface area contributed by atoms with Crippen LogP contribution < -0.4 is 4.90 Å². The van der Waals surface area contributed by atoms with Crippen molar-refractivity contribution < 1.29 is 19.2 Å². The largest absolute Gasteiger partial charge is 0.480 e. The fraction of sp³-hybridized carbons (Fsp3) is 0.500. The molecule has 1 saturated heterocycles. The Morgan fingerprint density at radius 1 is 1.52 bits per heavy atom. The van der Waals surface area contributed by atoms with Gasteiger partial charge in [0.2, 0.25) is 0 Å². The second-order valence-corrected chi connectivity index (χ2v) is 5.27. The standard InChI is InChI=1S/C14H17FN2O4/c1-2-9-3-4-16(13(5-9)14(18)19)11-6-10(15)7-12(8-11)17(20)21/h6-9,13H,2-5H2,1H3,(H,18,19). The number of halogens is 1. The van der Waals surface area contributed by atoms with Crippen LogP contribution in [0.1, 0.15) is 26.2 Å². The number of hydrogen-bond donors (Lipinski definition) is 1. The maximum Gasteiger partial charge on any atom is 0.326 e. The molecule has 6 nitrogen and oxygen atoms in total. The van der Waals surface area contributed by atoms with E-state index in [-0.39, 0.29) is 11.4 Å². The van der Waals surface area contributed by atoms with E-state index < -0.39 is 22.8 Å². The molecule has 2 atom stereocenters. The number of carbonyl (C=O) groups is 1. The number of rotatable bonds is 4. The quantitative estimate of drug-likeness (QED) is 0.682. The predicted molar refractivity (Wildman–Crippen MR) is 74.8 cm³/mol. The highest BCUT2D eigenvalue weighted by Gasteiger charge is 2.33. The minimum Gasteiger partial charge on any atom is -0.480 e. The van der Waals surface area contributed by atoms with Gasteiger partial charge in [-0.2, -0.15) is 0 Å². The van der Waals surface area contributed by atoms with Crippen molar-refractivity contribution in [2.45, 2.75) is 32.2 Å². The molecule has 0 aliphatic carbocycles. The predicted octanol–water partition coefficient (Wildman–Crippen LogP) is 2.81. The molecule has 0 saturated carbocycles. The van der Waals surface area contributed by atoms with Gasteiger partial charge in [0.15, 0.2) is 0 Å². The molecule has 1 aliphatic rings. The average molecular weight is 296 g/mol. The Balaban J connectivity index is 2.35. The van der Waals surface area contributed by atoms with Gasteiger partial charge in [-0.25, -0.2) is 9.18 Å². The Labute approximate surface area is 121 Å². The molecule has 1 heterocycles. The molecule has 1 N–H and O–H groups in total. The minimum absolute atomic E-state index is 0.253. The number of nitrogens with zero attached hydrogens (tertiary/aromatic N) is 2. The molecule has 2 rings (SSSR count). The lowest BCUT2D eigenvalue weighted by molar-refractivity contribution is -0.385. The first-order valence-electron chi connectivity index (χ1n) is 6.86. The van der Waals surface area contributed by atoms with Crippen molar-refractivity contribution in [3.63, 3.8) is 0 Å². The van der Waals surface area contributed by atoms with Crippen LogP contribution in [0.2, 0.25) is 0 Å². The van der Waals surface area contributed by atoms with E-state index in [1.165, 1.54) is 6.07 Å². The fourth-order valence-electron chi connectivity index (χ4n) is 2.78. The van der Waals surface area contributed by atoms with E-state index in [2.05, 4.69) is 0 Å². The van der Waals surface area contributed by atoms with Crippen molar-refractivity contribution in [1.82, 2.24) is 0 Å². The summed E-state index contributed by atoms with van der Waals surface area (Å²) in [6.45, 7) is 2.46. The molecule has 2 unspecified atom stereocenters. The lowest BCUT2D eigenvalue weighted by atomic mass is 9.88. The van der Waals surface area contributed by atoms with Gasteiger partial charge in [-0.3, -0.25) is 10.1 Å². The number of nitro groups is 1. The summed E-state index contributed by atoms with van der Waals surface area (Å²) in [6.07, 6.45) is 2.15. The number of carboxylic acid groups (broad SMARTS) is 1. The second kappa shape index (κ2) is 6.07. The first kappa shape index (κ1) is 15.2. The molecule has 1 aliphatic heterocycles. The summed E-state index contributed by atoms with van der Waals surface area (Å²) in [5.74, 6) is -1.41. The number of hydrogen-bond acceptors (Lipinski definition) is 4. The molecule has 1 fully saturated rings. The Kier molecular flexibility index (Phi) is 4.40. The second-order valence-electron chi connectivity index (χ2n) is 5.27. The molecule has 0 bridgehead atoms. The zero-order valence-electron chi connectivity index (χ0n) is 11.7. The third-order valence-electron chi connectivity index (χ3n) is 3.98. The molecule has 0 amide bonds. The van der Waals surface area contributed by atoms with Crippen molar-refractivity contribution >= 4 is 17.3 Å².